The lowest BCUT2D eigenvalue weighted by Crippen LogP contribution is -2.38. The predicted octanol–water partition coefficient (Wildman–Crippen LogP) is 3.94. The first-order valence-electron chi connectivity index (χ1n) is 7.55. The molecule has 1 aromatic rings. The molecular weight excluding hydrogens is 319 g/mol. The Morgan fingerprint density at radius 3 is 3.00 bits per heavy atom. The third-order valence-electron chi connectivity index (χ3n) is 4.07. The Bertz CT molecular complexity index is 425. The summed E-state index contributed by atoms with van der Waals surface area (Å²) < 4.78 is 14.4. The predicted molar refractivity (Wildman–Crippen MR) is 85.3 cm³/mol. The van der Waals surface area contributed by atoms with E-state index in [0.29, 0.717) is 6.54 Å². The van der Waals surface area contributed by atoms with E-state index in [1.54, 1.807) is 0 Å². The zero-order chi connectivity index (χ0) is 14.4. The van der Waals surface area contributed by atoms with Crippen LogP contribution in [0.5, 0.6) is 0 Å². The van der Waals surface area contributed by atoms with Crippen LogP contribution in [0.4, 0.5) is 4.39 Å². The summed E-state index contributed by atoms with van der Waals surface area (Å²) in [6.07, 6.45) is 5.17. The third kappa shape index (κ3) is 4.83. The van der Waals surface area contributed by atoms with E-state index in [0.717, 1.165) is 35.6 Å². The standard InChI is InChI=1S/C16H24BrFN2/c1-13-5-2-3-9-20(13)10-4-8-19-12-14-6-7-15(17)11-16(14)18/h6-7,11,13,19H,2-5,8-10,12H2,1H3. The van der Waals surface area contributed by atoms with Crippen LogP contribution in [0.3, 0.4) is 0 Å². The van der Waals surface area contributed by atoms with E-state index in [9.17, 15) is 4.39 Å². The van der Waals surface area contributed by atoms with Crippen LogP contribution in [0.15, 0.2) is 22.7 Å². The van der Waals surface area contributed by atoms with Gasteiger partial charge in [-0.15, -0.1) is 0 Å². The van der Waals surface area contributed by atoms with Crippen molar-refractivity contribution < 1.29 is 4.39 Å². The van der Waals surface area contributed by atoms with Crippen LogP contribution in [0.1, 0.15) is 38.2 Å². The number of nitrogens with zero attached hydrogens (tertiary/aromatic N) is 1. The fourth-order valence-corrected chi connectivity index (χ4v) is 3.12. The zero-order valence-corrected chi connectivity index (χ0v) is 13.8. The normalized spacial score (nSPS) is 20.2. The average Bonchev–Trinajstić information content (AvgIpc) is 2.42. The molecule has 1 saturated heterocycles. The Balaban J connectivity index is 1.64. The molecule has 2 nitrogen and oxygen atoms in total. The van der Waals surface area contributed by atoms with Gasteiger partial charge in [0, 0.05) is 22.6 Å². The van der Waals surface area contributed by atoms with Gasteiger partial charge in [-0.05, 0) is 58.0 Å². The van der Waals surface area contributed by atoms with Crippen molar-refractivity contribution in [3.63, 3.8) is 0 Å². The smallest absolute Gasteiger partial charge is 0.128 e. The minimum absolute atomic E-state index is 0.142. The van der Waals surface area contributed by atoms with Crippen LogP contribution in [0.25, 0.3) is 0 Å². The number of likely N-dealkylation sites (tertiary alicyclic amines) is 1. The van der Waals surface area contributed by atoms with Crippen molar-refractivity contribution in [2.45, 2.75) is 45.2 Å². The van der Waals surface area contributed by atoms with Crippen molar-refractivity contribution in [3.05, 3.63) is 34.1 Å². The van der Waals surface area contributed by atoms with E-state index in [1.165, 1.54) is 31.9 Å². The summed E-state index contributed by atoms with van der Waals surface area (Å²) in [6, 6.07) is 5.97. The first-order valence-corrected chi connectivity index (χ1v) is 8.35. The average molecular weight is 343 g/mol. The van der Waals surface area contributed by atoms with Crippen LogP contribution < -0.4 is 5.32 Å². The van der Waals surface area contributed by atoms with Gasteiger partial charge in [-0.2, -0.15) is 0 Å². The van der Waals surface area contributed by atoms with Gasteiger partial charge in [0.25, 0.3) is 0 Å². The highest BCUT2D eigenvalue weighted by molar-refractivity contribution is 9.10. The van der Waals surface area contributed by atoms with E-state index in [2.05, 4.69) is 33.1 Å². The molecule has 1 atom stereocenters. The van der Waals surface area contributed by atoms with Crippen LogP contribution in [-0.4, -0.2) is 30.6 Å². The molecule has 1 aliphatic rings. The second-order valence-electron chi connectivity index (χ2n) is 5.65. The third-order valence-corrected chi connectivity index (χ3v) is 4.56. The summed E-state index contributed by atoms with van der Waals surface area (Å²) >= 11 is 3.27. The first kappa shape index (κ1) is 15.9. The van der Waals surface area contributed by atoms with Gasteiger partial charge >= 0.3 is 0 Å². The maximum atomic E-state index is 13.6. The van der Waals surface area contributed by atoms with E-state index in [1.807, 2.05) is 12.1 Å². The minimum atomic E-state index is -0.142. The van der Waals surface area contributed by atoms with E-state index < -0.39 is 0 Å². The number of benzene rings is 1. The van der Waals surface area contributed by atoms with Gasteiger partial charge in [0.15, 0.2) is 0 Å². The molecule has 1 heterocycles. The van der Waals surface area contributed by atoms with Crippen molar-refractivity contribution in [1.29, 1.82) is 0 Å². The second-order valence-corrected chi connectivity index (χ2v) is 6.56. The van der Waals surface area contributed by atoms with Gasteiger partial charge in [0.05, 0.1) is 0 Å². The monoisotopic (exact) mass is 342 g/mol. The summed E-state index contributed by atoms with van der Waals surface area (Å²) in [5.74, 6) is -0.142. The molecule has 0 aliphatic carbocycles. The summed E-state index contributed by atoms with van der Waals surface area (Å²) in [6.45, 7) is 6.26. The highest BCUT2D eigenvalue weighted by atomic mass is 79.9. The Morgan fingerprint density at radius 1 is 1.40 bits per heavy atom. The second kappa shape index (κ2) is 8.11. The fourth-order valence-electron chi connectivity index (χ4n) is 2.79. The molecule has 0 spiro atoms. The molecule has 0 bridgehead atoms. The van der Waals surface area contributed by atoms with Crippen LogP contribution in [0, 0.1) is 5.82 Å². The topological polar surface area (TPSA) is 15.3 Å². The SMILES string of the molecule is CC1CCCCN1CCCNCc1ccc(Br)cc1F. The fraction of sp³-hybridized carbons (Fsp3) is 0.625. The summed E-state index contributed by atoms with van der Waals surface area (Å²) in [5, 5.41) is 3.33. The lowest BCUT2D eigenvalue weighted by atomic mass is 10.0. The summed E-state index contributed by atoms with van der Waals surface area (Å²) in [7, 11) is 0. The molecule has 0 aromatic heterocycles. The molecule has 0 radical (unpaired) electrons. The van der Waals surface area contributed by atoms with Crippen LogP contribution in [0.2, 0.25) is 0 Å². The van der Waals surface area contributed by atoms with Gasteiger partial charge in [-0.25, -0.2) is 4.39 Å². The number of halogens is 2. The highest BCUT2D eigenvalue weighted by Crippen LogP contribution is 2.16. The van der Waals surface area contributed by atoms with Gasteiger partial charge in [0.2, 0.25) is 0 Å². The molecule has 1 aromatic carbocycles. The largest absolute Gasteiger partial charge is 0.313 e. The lowest BCUT2D eigenvalue weighted by molar-refractivity contribution is 0.159. The molecule has 1 fully saturated rings. The van der Waals surface area contributed by atoms with Gasteiger partial charge in [-0.1, -0.05) is 28.4 Å². The molecule has 112 valence electrons. The highest BCUT2D eigenvalue weighted by Gasteiger charge is 2.16. The number of rotatable bonds is 6. The summed E-state index contributed by atoms with van der Waals surface area (Å²) in [5.41, 5.74) is 0.736. The number of hydrogen-bond donors (Lipinski definition) is 1. The molecule has 1 unspecified atom stereocenters. The summed E-state index contributed by atoms with van der Waals surface area (Å²) in [4.78, 5) is 2.57. The molecule has 4 heteroatoms. The number of nitrogens with one attached hydrogen (secondary N) is 1. The van der Waals surface area contributed by atoms with Gasteiger partial charge in [-0.3, -0.25) is 0 Å². The maximum absolute atomic E-state index is 13.6. The van der Waals surface area contributed by atoms with E-state index in [-0.39, 0.29) is 5.82 Å². The number of hydrogen-bond acceptors (Lipinski definition) is 2. The molecule has 1 N–H and O–H groups in total. The quantitative estimate of drug-likeness (QED) is 0.787. The Morgan fingerprint density at radius 2 is 2.25 bits per heavy atom. The van der Waals surface area contributed by atoms with Crippen molar-refractivity contribution in [2.24, 2.45) is 0 Å². The van der Waals surface area contributed by atoms with E-state index >= 15 is 0 Å². The number of piperidine rings is 1. The van der Waals surface area contributed by atoms with Crippen LogP contribution in [-0.2, 0) is 6.54 Å². The Labute approximate surface area is 129 Å². The lowest BCUT2D eigenvalue weighted by Gasteiger charge is -2.33. The maximum Gasteiger partial charge on any atom is 0.128 e. The van der Waals surface area contributed by atoms with E-state index in [4.69, 9.17) is 0 Å². The molecular formula is C16H24BrFN2. The minimum Gasteiger partial charge on any atom is -0.313 e. The molecule has 1 aliphatic heterocycles. The zero-order valence-electron chi connectivity index (χ0n) is 12.2. The van der Waals surface area contributed by atoms with Crippen LogP contribution >= 0.6 is 15.9 Å². The Hall–Kier alpha value is -0.450. The molecule has 20 heavy (non-hydrogen) atoms. The molecule has 0 saturated carbocycles. The van der Waals surface area contributed by atoms with Crippen molar-refractivity contribution >= 4 is 15.9 Å². The molecule has 2 rings (SSSR count). The first-order chi connectivity index (χ1) is 9.66. The Kier molecular flexibility index (Phi) is 6.46. The molecule has 0 amide bonds. The van der Waals surface area contributed by atoms with Gasteiger partial charge in [0.1, 0.15) is 5.82 Å². The van der Waals surface area contributed by atoms with Gasteiger partial charge < -0.3 is 10.2 Å². The van der Waals surface area contributed by atoms with Crippen molar-refractivity contribution in [1.82, 2.24) is 10.2 Å². The van der Waals surface area contributed by atoms with Crippen molar-refractivity contribution in [2.75, 3.05) is 19.6 Å². The van der Waals surface area contributed by atoms with Crippen molar-refractivity contribution in [3.8, 4) is 0 Å².